The molecule has 0 amide bonds. The van der Waals surface area contributed by atoms with Gasteiger partial charge in [-0.1, -0.05) is 18.2 Å². The third-order valence-corrected chi connectivity index (χ3v) is 2.12. The molecule has 0 aliphatic heterocycles. The average molecular weight is 235 g/mol. The summed E-state index contributed by atoms with van der Waals surface area (Å²) < 4.78 is 5.56. The molecule has 0 spiro atoms. The molecule has 0 aliphatic rings. The van der Waals surface area contributed by atoms with Crippen LogP contribution in [-0.2, 0) is 0 Å². The van der Waals surface area contributed by atoms with Crippen LogP contribution in [0.15, 0.2) is 35.3 Å². The van der Waals surface area contributed by atoms with E-state index in [-0.39, 0.29) is 0 Å². The third-order valence-electron chi connectivity index (χ3n) is 2.12. The molecule has 1 rings (SSSR count). The van der Waals surface area contributed by atoms with Crippen LogP contribution in [0.1, 0.15) is 6.92 Å². The lowest BCUT2D eigenvalue weighted by Gasteiger charge is -2.16. The summed E-state index contributed by atoms with van der Waals surface area (Å²) in [5, 5.41) is 3.20. The predicted molar refractivity (Wildman–Crippen MR) is 71.6 cm³/mol. The van der Waals surface area contributed by atoms with Crippen molar-refractivity contribution in [1.29, 1.82) is 0 Å². The van der Waals surface area contributed by atoms with Crippen molar-refractivity contribution < 1.29 is 4.74 Å². The number of rotatable bonds is 5. The van der Waals surface area contributed by atoms with Gasteiger partial charge in [-0.05, 0) is 19.1 Å². The molecule has 17 heavy (non-hydrogen) atoms. The van der Waals surface area contributed by atoms with E-state index in [1.165, 1.54) is 0 Å². The van der Waals surface area contributed by atoms with Gasteiger partial charge in [0.1, 0.15) is 12.4 Å². The standard InChI is InChI=1S/C13H21N3O/c1-4-14-13(16(2)3)15-10-11-17-12-8-6-5-7-9-12/h5-9H,4,10-11H2,1-3H3,(H,14,15). The molecule has 1 aromatic rings. The highest BCUT2D eigenvalue weighted by molar-refractivity contribution is 5.79. The Hall–Kier alpha value is -1.71. The molecule has 94 valence electrons. The quantitative estimate of drug-likeness (QED) is 0.478. The number of guanidine groups is 1. The Balaban J connectivity index is 2.33. The zero-order valence-corrected chi connectivity index (χ0v) is 10.8. The van der Waals surface area contributed by atoms with Crippen LogP contribution in [0, 0.1) is 0 Å². The highest BCUT2D eigenvalue weighted by atomic mass is 16.5. The number of benzene rings is 1. The van der Waals surface area contributed by atoms with Crippen molar-refractivity contribution in [1.82, 2.24) is 10.2 Å². The van der Waals surface area contributed by atoms with Gasteiger partial charge in [-0.25, -0.2) is 4.99 Å². The lowest BCUT2D eigenvalue weighted by molar-refractivity contribution is 0.328. The van der Waals surface area contributed by atoms with Crippen molar-refractivity contribution in [2.45, 2.75) is 6.92 Å². The molecule has 0 heterocycles. The summed E-state index contributed by atoms with van der Waals surface area (Å²) >= 11 is 0. The minimum atomic E-state index is 0.590. The molecule has 4 nitrogen and oxygen atoms in total. The molecule has 0 fully saturated rings. The van der Waals surface area contributed by atoms with Gasteiger partial charge in [0.05, 0.1) is 6.54 Å². The fourth-order valence-electron chi connectivity index (χ4n) is 1.35. The van der Waals surface area contributed by atoms with Crippen LogP contribution in [0.4, 0.5) is 0 Å². The first-order valence-electron chi connectivity index (χ1n) is 5.87. The normalized spacial score (nSPS) is 11.1. The molecule has 0 bridgehead atoms. The van der Waals surface area contributed by atoms with E-state index >= 15 is 0 Å². The van der Waals surface area contributed by atoms with Gasteiger partial charge in [0.25, 0.3) is 0 Å². The van der Waals surface area contributed by atoms with Crippen molar-refractivity contribution in [3.63, 3.8) is 0 Å². The molecule has 0 unspecified atom stereocenters. The summed E-state index contributed by atoms with van der Waals surface area (Å²) in [5.41, 5.74) is 0. The monoisotopic (exact) mass is 235 g/mol. The van der Waals surface area contributed by atoms with Gasteiger partial charge >= 0.3 is 0 Å². The number of nitrogens with zero attached hydrogens (tertiary/aromatic N) is 2. The van der Waals surface area contributed by atoms with Gasteiger partial charge in [-0.2, -0.15) is 0 Å². The number of aliphatic imine (C=N–C) groups is 1. The van der Waals surface area contributed by atoms with E-state index in [2.05, 4.69) is 17.2 Å². The smallest absolute Gasteiger partial charge is 0.193 e. The second kappa shape index (κ2) is 7.54. The minimum Gasteiger partial charge on any atom is -0.492 e. The SMILES string of the molecule is CCNC(=NCCOc1ccccc1)N(C)C. The summed E-state index contributed by atoms with van der Waals surface area (Å²) in [6.45, 7) is 4.16. The summed E-state index contributed by atoms with van der Waals surface area (Å²) in [6.07, 6.45) is 0. The molecular formula is C13H21N3O. The third kappa shape index (κ3) is 5.24. The maximum atomic E-state index is 5.56. The van der Waals surface area contributed by atoms with Gasteiger partial charge < -0.3 is 15.0 Å². The number of hydrogen-bond acceptors (Lipinski definition) is 2. The zero-order chi connectivity index (χ0) is 12.5. The molecule has 1 aromatic carbocycles. The van der Waals surface area contributed by atoms with Crippen molar-refractivity contribution in [3.05, 3.63) is 30.3 Å². The minimum absolute atomic E-state index is 0.590. The highest BCUT2D eigenvalue weighted by Crippen LogP contribution is 2.07. The van der Waals surface area contributed by atoms with E-state index < -0.39 is 0 Å². The van der Waals surface area contributed by atoms with Crippen molar-refractivity contribution in [2.75, 3.05) is 33.8 Å². The maximum absolute atomic E-state index is 5.56. The largest absolute Gasteiger partial charge is 0.492 e. The first-order valence-corrected chi connectivity index (χ1v) is 5.87. The molecular weight excluding hydrogens is 214 g/mol. The lowest BCUT2D eigenvalue weighted by Crippen LogP contribution is -2.36. The van der Waals surface area contributed by atoms with Crippen LogP contribution in [0.25, 0.3) is 0 Å². The van der Waals surface area contributed by atoms with Crippen LogP contribution >= 0.6 is 0 Å². The van der Waals surface area contributed by atoms with Gasteiger partial charge in [-0.3, -0.25) is 0 Å². The summed E-state index contributed by atoms with van der Waals surface area (Å²) in [6, 6.07) is 9.78. The first-order chi connectivity index (χ1) is 8.24. The molecule has 0 saturated heterocycles. The molecule has 0 saturated carbocycles. The Bertz CT molecular complexity index is 336. The molecule has 4 heteroatoms. The molecule has 0 aromatic heterocycles. The van der Waals surface area contributed by atoms with Crippen molar-refractivity contribution in [2.24, 2.45) is 4.99 Å². The predicted octanol–water partition coefficient (Wildman–Crippen LogP) is 1.59. The van der Waals surface area contributed by atoms with E-state index in [0.717, 1.165) is 18.3 Å². The number of ether oxygens (including phenoxy) is 1. The van der Waals surface area contributed by atoms with E-state index in [4.69, 9.17) is 4.74 Å². The van der Waals surface area contributed by atoms with Gasteiger partial charge in [0, 0.05) is 20.6 Å². The van der Waals surface area contributed by atoms with E-state index in [1.807, 2.05) is 49.3 Å². The van der Waals surface area contributed by atoms with Gasteiger partial charge in [-0.15, -0.1) is 0 Å². The Morgan fingerprint density at radius 3 is 2.59 bits per heavy atom. The average Bonchev–Trinajstić information content (AvgIpc) is 2.34. The second-order valence-corrected chi connectivity index (χ2v) is 3.79. The first kappa shape index (κ1) is 13.4. The van der Waals surface area contributed by atoms with Crippen molar-refractivity contribution in [3.8, 4) is 5.75 Å². The van der Waals surface area contributed by atoms with Crippen LogP contribution in [0.5, 0.6) is 5.75 Å². The number of nitrogens with one attached hydrogen (secondary N) is 1. The zero-order valence-electron chi connectivity index (χ0n) is 10.8. The Kier molecular flexibility index (Phi) is 5.93. The Labute approximate surface area is 103 Å². The van der Waals surface area contributed by atoms with Crippen LogP contribution in [0.3, 0.4) is 0 Å². The fraction of sp³-hybridized carbons (Fsp3) is 0.462. The van der Waals surface area contributed by atoms with Crippen molar-refractivity contribution >= 4 is 5.96 Å². The number of para-hydroxylation sites is 1. The molecule has 0 aliphatic carbocycles. The maximum Gasteiger partial charge on any atom is 0.193 e. The molecule has 0 radical (unpaired) electrons. The topological polar surface area (TPSA) is 36.9 Å². The molecule has 0 atom stereocenters. The number of hydrogen-bond donors (Lipinski definition) is 1. The lowest BCUT2D eigenvalue weighted by atomic mass is 10.3. The fourth-order valence-corrected chi connectivity index (χ4v) is 1.35. The van der Waals surface area contributed by atoms with Crippen LogP contribution in [-0.4, -0.2) is 44.7 Å². The Morgan fingerprint density at radius 2 is 2.00 bits per heavy atom. The summed E-state index contributed by atoms with van der Waals surface area (Å²) in [4.78, 5) is 6.40. The van der Waals surface area contributed by atoms with Gasteiger partial charge in [0.15, 0.2) is 5.96 Å². The second-order valence-electron chi connectivity index (χ2n) is 3.79. The van der Waals surface area contributed by atoms with E-state index in [1.54, 1.807) is 0 Å². The van der Waals surface area contributed by atoms with Gasteiger partial charge in [0.2, 0.25) is 0 Å². The van der Waals surface area contributed by atoms with Crippen LogP contribution in [0.2, 0.25) is 0 Å². The van der Waals surface area contributed by atoms with E-state index in [9.17, 15) is 0 Å². The molecule has 1 N–H and O–H groups in total. The highest BCUT2D eigenvalue weighted by Gasteiger charge is 1.98. The summed E-state index contributed by atoms with van der Waals surface area (Å²) in [5.74, 6) is 1.78. The van der Waals surface area contributed by atoms with E-state index in [0.29, 0.717) is 13.2 Å². The summed E-state index contributed by atoms with van der Waals surface area (Å²) in [7, 11) is 3.94. The Morgan fingerprint density at radius 1 is 1.29 bits per heavy atom. The van der Waals surface area contributed by atoms with Crippen LogP contribution < -0.4 is 10.1 Å².